The lowest BCUT2D eigenvalue weighted by molar-refractivity contribution is -0.133. The molecular formula is C12H20N2O2. The van der Waals surface area contributed by atoms with Gasteiger partial charge in [-0.15, -0.1) is 0 Å². The van der Waals surface area contributed by atoms with Gasteiger partial charge in [-0.3, -0.25) is 4.79 Å². The first-order chi connectivity index (χ1) is 7.45. The molecule has 90 valence electrons. The van der Waals surface area contributed by atoms with Gasteiger partial charge in [-0.25, -0.2) is 0 Å². The molecule has 1 N–H and O–H groups in total. The number of carbonyl (C=O) groups is 1. The zero-order valence-corrected chi connectivity index (χ0v) is 10.2. The third-order valence-electron chi connectivity index (χ3n) is 3.95. The van der Waals surface area contributed by atoms with Gasteiger partial charge in [-0.05, 0) is 11.8 Å². The number of carbonyl (C=O) groups excluding carboxylic acids is 1. The number of oxime groups is 1. The summed E-state index contributed by atoms with van der Waals surface area (Å²) in [4.78, 5) is 14.1. The van der Waals surface area contributed by atoms with Gasteiger partial charge in [0.05, 0.1) is 5.71 Å². The first-order valence-electron chi connectivity index (χ1n) is 5.95. The Kier molecular flexibility index (Phi) is 2.68. The Morgan fingerprint density at radius 2 is 2.19 bits per heavy atom. The van der Waals surface area contributed by atoms with Gasteiger partial charge >= 0.3 is 0 Å². The average Bonchev–Trinajstić information content (AvgIpc) is 2.86. The lowest BCUT2D eigenvalue weighted by Gasteiger charge is -2.32. The lowest BCUT2D eigenvalue weighted by Crippen LogP contribution is -2.44. The molecule has 2 aliphatic rings. The number of hydrogen-bond acceptors (Lipinski definition) is 3. The number of rotatable bonds is 1. The molecule has 0 aromatic carbocycles. The summed E-state index contributed by atoms with van der Waals surface area (Å²) in [6, 6.07) is 0. The van der Waals surface area contributed by atoms with Gasteiger partial charge < -0.3 is 10.1 Å². The maximum Gasteiger partial charge on any atom is 0.226 e. The van der Waals surface area contributed by atoms with Crippen LogP contribution in [0.4, 0.5) is 0 Å². The largest absolute Gasteiger partial charge is 0.411 e. The van der Waals surface area contributed by atoms with Crippen LogP contribution in [0.15, 0.2) is 5.16 Å². The fourth-order valence-corrected chi connectivity index (χ4v) is 2.48. The Morgan fingerprint density at radius 1 is 1.56 bits per heavy atom. The van der Waals surface area contributed by atoms with Crippen LogP contribution >= 0.6 is 0 Å². The topological polar surface area (TPSA) is 52.9 Å². The summed E-state index contributed by atoms with van der Waals surface area (Å²) < 4.78 is 0. The molecule has 2 unspecified atom stereocenters. The molecule has 4 heteroatoms. The molecule has 1 aliphatic carbocycles. The fraction of sp³-hybridized carbons (Fsp3) is 0.833. The molecule has 0 aromatic heterocycles. The van der Waals surface area contributed by atoms with E-state index in [9.17, 15) is 4.79 Å². The highest BCUT2D eigenvalue weighted by Gasteiger charge is 2.52. The van der Waals surface area contributed by atoms with Crippen molar-refractivity contribution in [1.29, 1.82) is 0 Å². The molecule has 2 fully saturated rings. The van der Waals surface area contributed by atoms with Crippen molar-refractivity contribution in [3.05, 3.63) is 0 Å². The highest BCUT2D eigenvalue weighted by atomic mass is 16.4. The van der Waals surface area contributed by atoms with E-state index < -0.39 is 0 Å². The van der Waals surface area contributed by atoms with Crippen molar-refractivity contribution in [2.24, 2.45) is 22.4 Å². The van der Waals surface area contributed by atoms with Crippen LogP contribution in [-0.4, -0.2) is 34.8 Å². The van der Waals surface area contributed by atoms with Gasteiger partial charge in [0.25, 0.3) is 0 Å². The van der Waals surface area contributed by atoms with Gasteiger partial charge in [-0.2, -0.15) is 0 Å². The van der Waals surface area contributed by atoms with E-state index in [0.717, 1.165) is 12.1 Å². The molecule has 2 rings (SSSR count). The summed E-state index contributed by atoms with van der Waals surface area (Å²) in [5.74, 6) is 0.686. The van der Waals surface area contributed by atoms with E-state index in [2.05, 4.69) is 19.0 Å². The zero-order chi connectivity index (χ0) is 11.9. The molecule has 1 saturated carbocycles. The molecule has 0 aromatic rings. The first-order valence-corrected chi connectivity index (χ1v) is 5.95. The Balaban J connectivity index is 1.96. The van der Waals surface area contributed by atoms with Gasteiger partial charge in [0.15, 0.2) is 0 Å². The van der Waals surface area contributed by atoms with Crippen LogP contribution in [0.5, 0.6) is 0 Å². The molecule has 0 radical (unpaired) electrons. The Labute approximate surface area is 96.3 Å². The molecular weight excluding hydrogens is 204 g/mol. The number of hydrogen-bond donors (Lipinski definition) is 1. The summed E-state index contributed by atoms with van der Waals surface area (Å²) in [6.45, 7) is 7.69. The molecule has 0 bridgehead atoms. The summed E-state index contributed by atoms with van der Waals surface area (Å²) in [5.41, 5.74) is 1.02. The van der Waals surface area contributed by atoms with Gasteiger partial charge in [0.1, 0.15) is 0 Å². The van der Waals surface area contributed by atoms with Crippen molar-refractivity contribution in [3.8, 4) is 0 Å². The fourth-order valence-electron chi connectivity index (χ4n) is 2.48. The second-order valence-electron chi connectivity index (χ2n) is 5.77. The Hall–Kier alpha value is -1.06. The van der Waals surface area contributed by atoms with Crippen LogP contribution in [0.2, 0.25) is 0 Å². The minimum Gasteiger partial charge on any atom is -0.411 e. The third-order valence-corrected chi connectivity index (χ3v) is 3.95. The predicted octanol–water partition coefficient (Wildman–Crippen LogP) is 1.73. The summed E-state index contributed by atoms with van der Waals surface area (Å²) in [5, 5.41) is 12.1. The maximum atomic E-state index is 12.1. The number of likely N-dealkylation sites (tertiary alicyclic amines) is 1. The van der Waals surface area contributed by atoms with Crippen LogP contribution in [0.3, 0.4) is 0 Å². The van der Waals surface area contributed by atoms with Crippen molar-refractivity contribution >= 4 is 11.6 Å². The molecule has 0 spiro atoms. The Bertz CT molecular complexity index is 336. The average molecular weight is 224 g/mol. The molecule has 2 atom stereocenters. The lowest BCUT2D eigenvalue weighted by atomic mass is 9.97. The van der Waals surface area contributed by atoms with Crippen LogP contribution in [0.1, 0.15) is 33.6 Å². The molecule has 1 amide bonds. The monoisotopic (exact) mass is 224 g/mol. The van der Waals surface area contributed by atoms with Crippen molar-refractivity contribution in [3.63, 3.8) is 0 Å². The van der Waals surface area contributed by atoms with Gasteiger partial charge in [-0.1, -0.05) is 25.9 Å². The van der Waals surface area contributed by atoms with Crippen molar-refractivity contribution < 1.29 is 10.0 Å². The van der Waals surface area contributed by atoms with Crippen molar-refractivity contribution in [1.82, 2.24) is 4.90 Å². The van der Waals surface area contributed by atoms with Crippen LogP contribution < -0.4 is 0 Å². The Morgan fingerprint density at radius 3 is 2.62 bits per heavy atom. The highest BCUT2D eigenvalue weighted by molar-refractivity contribution is 5.90. The maximum absolute atomic E-state index is 12.1. The quantitative estimate of drug-likeness (QED) is 0.544. The second-order valence-corrected chi connectivity index (χ2v) is 5.77. The van der Waals surface area contributed by atoms with Crippen molar-refractivity contribution in [2.75, 3.05) is 13.1 Å². The van der Waals surface area contributed by atoms with E-state index in [-0.39, 0.29) is 23.2 Å². The highest BCUT2D eigenvalue weighted by Crippen LogP contribution is 2.52. The van der Waals surface area contributed by atoms with E-state index >= 15 is 0 Å². The number of nitrogens with zero attached hydrogens (tertiary/aromatic N) is 2. The standard InChI is InChI=1S/C12H20N2O2/c1-8-7-14(5-4-10(8)13-16)11(15)9-6-12(9,2)3/h8-9,16H,4-7H2,1-3H3. The molecule has 16 heavy (non-hydrogen) atoms. The number of piperidine rings is 1. The van der Waals surface area contributed by atoms with Crippen LogP contribution in [0, 0.1) is 17.3 Å². The van der Waals surface area contributed by atoms with E-state index in [1.54, 1.807) is 0 Å². The smallest absolute Gasteiger partial charge is 0.226 e. The second kappa shape index (κ2) is 3.75. The van der Waals surface area contributed by atoms with Crippen LogP contribution in [0.25, 0.3) is 0 Å². The van der Waals surface area contributed by atoms with Gasteiger partial charge in [0.2, 0.25) is 5.91 Å². The van der Waals surface area contributed by atoms with E-state index in [0.29, 0.717) is 19.5 Å². The minimum atomic E-state index is 0.185. The van der Waals surface area contributed by atoms with Gasteiger partial charge in [0, 0.05) is 31.3 Å². The molecule has 1 saturated heterocycles. The normalized spacial score (nSPS) is 35.2. The molecule has 4 nitrogen and oxygen atoms in total. The molecule has 1 heterocycles. The first kappa shape index (κ1) is 11.4. The summed E-state index contributed by atoms with van der Waals surface area (Å²) in [6.07, 6.45) is 1.72. The zero-order valence-electron chi connectivity index (χ0n) is 10.2. The molecule has 1 aliphatic heterocycles. The van der Waals surface area contributed by atoms with E-state index in [1.807, 2.05) is 11.8 Å². The SMILES string of the molecule is CC1CN(C(=O)C2CC2(C)C)CCC1=NO. The van der Waals surface area contributed by atoms with Crippen LogP contribution in [-0.2, 0) is 4.79 Å². The van der Waals surface area contributed by atoms with Crippen molar-refractivity contribution in [2.45, 2.75) is 33.6 Å². The van der Waals surface area contributed by atoms with E-state index in [1.165, 1.54) is 0 Å². The van der Waals surface area contributed by atoms with E-state index in [4.69, 9.17) is 5.21 Å². The minimum absolute atomic E-state index is 0.185. The summed E-state index contributed by atoms with van der Waals surface area (Å²) >= 11 is 0. The predicted molar refractivity (Wildman–Crippen MR) is 61.5 cm³/mol. The third kappa shape index (κ3) is 1.93. The number of amides is 1. The summed E-state index contributed by atoms with van der Waals surface area (Å²) in [7, 11) is 0.